The predicted molar refractivity (Wildman–Crippen MR) is 109 cm³/mol. The number of likely N-dealkylation sites (tertiary alicyclic amines) is 1. The van der Waals surface area contributed by atoms with E-state index in [2.05, 4.69) is 16.7 Å². The van der Waals surface area contributed by atoms with Crippen molar-refractivity contribution < 1.29 is 14.1 Å². The van der Waals surface area contributed by atoms with Crippen LogP contribution in [0.3, 0.4) is 0 Å². The van der Waals surface area contributed by atoms with Crippen LogP contribution in [0.1, 0.15) is 61.2 Å². The van der Waals surface area contributed by atoms with Gasteiger partial charge >= 0.3 is 0 Å². The lowest BCUT2D eigenvalue weighted by Crippen LogP contribution is -2.32. The van der Waals surface area contributed by atoms with E-state index >= 15 is 0 Å². The summed E-state index contributed by atoms with van der Waals surface area (Å²) in [6, 6.07) is 9.04. The summed E-state index contributed by atoms with van der Waals surface area (Å²) in [5, 5.41) is 4.10. The molecule has 0 N–H and O–H groups in total. The zero-order valence-electron chi connectivity index (χ0n) is 17.1. The quantitative estimate of drug-likeness (QED) is 0.639. The number of hydrogen-bond acceptors (Lipinski definition) is 5. The van der Waals surface area contributed by atoms with Crippen molar-refractivity contribution in [1.82, 2.24) is 19.9 Å². The smallest absolute Gasteiger partial charge is 0.254 e. The Labute approximate surface area is 171 Å². The molecule has 154 valence electrons. The van der Waals surface area contributed by atoms with Crippen LogP contribution in [-0.2, 0) is 11.2 Å². The van der Waals surface area contributed by atoms with Crippen molar-refractivity contribution in [3.8, 4) is 0 Å². The highest BCUT2D eigenvalue weighted by Crippen LogP contribution is 2.31. The van der Waals surface area contributed by atoms with E-state index in [1.165, 1.54) is 0 Å². The number of hydrogen-bond donors (Lipinski definition) is 0. The molecule has 1 unspecified atom stereocenters. The molecular weight excluding hydrogens is 368 g/mol. The van der Waals surface area contributed by atoms with E-state index in [1.807, 2.05) is 44.2 Å². The fraction of sp³-hybridized carbons (Fsp3) is 0.455. The highest BCUT2D eigenvalue weighted by Gasteiger charge is 2.33. The third-order valence-corrected chi connectivity index (χ3v) is 5.06. The molecule has 1 fully saturated rings. The minimum atomic E-state index is -0.188. The average Bonchev–Trinajstić information content (AvgIpc) is 3.39. The maximum absolute atomic E-state index is 12.8. The van der Waals surface area contributed by atoms with E-state index in [4.69, 9.17) is 4.52 Å². The van der Waals surface area contributed by atoms with Gasteiger partial charge in [-0.2, -0.15) is 4.98 Å². The Balaban J connectivity index is 1.62. The van der Waals surface area contributed by atoms with Gasteiger partial charge in [-0.25, -0.2) is 0 Å². The summed E-state index contributed by atoms with van der Waals surface area (Å²) >= 11 is 0. The molecule has 1 atom stereocenters. The molecule has 1 saturated heterocycles. The van der Waals surface area contributed by atoms with Crippen LogP contribution >= 0.6 is 0 Å². The molecule has 1 aliphatic heterocycles. The van der Waals surface area contributed by atoms with Gasteiger partial charge in [0.1, 0.15) is 0 Å². The molecule has 0 spiro atoms. The molecule has 0 radical (unpaired) electrons. The zero-order chi connectivity index (χ0) is 20.8. The minimum absolute atomic E-state index is 0.0204. The van der Waals surface area contributed by atoms with Crippen LogP contribution in [0.4, 0.5) is 0 Å². The van der Waals surface area contributed by atoms with Gasteiger partial charge in [0.2, 0.25) is 11.8 Å². The fourth-order valence-electron chi connectivity index (χ4n) is 3.60. The van der Waals surface area contributed by atoms with Crippen LogP contribution in [0.5, 0.6) is 0 Å². The number of amides is 2. The van der Waals surface area contributed by atoms with Crippen LogP contribution in [-0.4, -0.2) is 51.4 Å². The van der Waals surface area contributed by atoms with E-state index in [-0.39, 0.29) is 17.9 Å². The number of nitrogens with zero attached hydrogens (tertiary/aromatic N) is 4. The van der Waals surface area contributed by atoms with Crippen LogP contribution in [0, 0.1) is 0 Å². The molecule has 0 aliphatic carbocycles. The van der Waals surface area contributed by atoms with E-state index in [1.54, 1.807) is 9.80 Å². The average molecular weight is 396 g/mol. The van der Waals surface area contributed by atoms with Gasteiger partial charge in [0.15, 0.2) is 5.82 Å². The summed E-state index contributed by atoms with van der Waals surface area (Å²) in [4.78, 5) is 33.3. The van der Waals surface area contributed by atoms with Gasteiger partial charge in [-0.05, 0) is 38.8 Å². The molecule has 29 heavy (non-hydrogen) atoms. The Morgan fingerprint density at radius 2 is 2.07 bits per heavy atom. The van der Waals surface area contributed by atoms with Gasteiger partial charge in [-0.1, -0.05) is 35.5 Å². The standard InChI is InChI=1S/C22H28N4O3/c1-4-25(15-16(2)3)20(27)13-12-19-23-21(24-29-19)18-11-8-14-26(18)22(28)17-9-6-5-7-10-17/h5-7,9-10,18H,2,4,8,11-15H2,1,3H3. The number of carbonyl (C=O) groups is 2. The summed E-state index contributed by atoms with van der Waals surface area (Å²) in [5.74, 6) is 0.965. The molecule has 0 saturated carbocycles. The summed E-state index contributed by atoms with van der Waals surface area (Å²) in [6.45, 7) is 9.59. The van der Waals surface area contributed by atoms with Gasteiger partial charge in [0.25, 0.3) is 5.91 Å². The Hall–Kier alpha value is -2.96. The molecule has 1 aliphatic rings. The highest BCUT2D eigenvalue weighted by molar-refractivity contribution is 5.94. The second kappa shape index (κ2) is 9.49. The Bertz CT molecular complexity index is 862. The van der Waals surface area contributed by atoms with Crippen molar-refractivity contribution in [3.63, 3.8) is 0 Å². The van der Waals surface area contributed by atoms with Crippen molar-refractivity contribution in [2.45, 2.75) is 45.6 Å². The highest BCUT2D eigenvalue weighted by atomic mass is 16.5. The first-order chi connectivity index (χ1) is 14.0. The molecule has 1 aromatic carbocycles. The molecule has 2 amide bonds. The first-order valence-electron chi connectivity index (χ1n) is 10.1. The zero-order valence-corrected chi connectivity index (χ0v) is 17.1. The van der Waals surface area contributed by atoms with Crippen molar-refractivity contribution in [1.29, 1.82) is 0 Å². The first kappa shape index (κ1) is 20.8. The lowest BCUT2D eigenvalue weighted by molar-refractivity contribution is -0.130. The van der Waals surface area contributed by atoms with Crippen molar-refractivity contribution in [2.24, 2.45) is 0 Å². The molecular formula is C22H28N4O3. The van der Waals surface area contributed by atoms with Crippen molar-refractivity contribution >= 4 is 11.8 Å². The largest absolute Gasteiger partial charge is 0.339 e. The second-order valence-corrected chi connectivity index (χ2v) is 7.43. The molecule has 7 heteroatoms. The predicted octanol–water partition coefficient (Wildman–Crippen LogP) is 3.40. The minimum Gasteiger partial charge on any atom is -0.339 e. The van der Waals surface area contributed by atoms with Gasteiger partial charge in [-0.15, -0.1) is 0 Å². The lowest BCUT2D eigenvalue weighted by Gasteiger charge is -2.22. The molecule has 3 rings (SSSR count). The number of likely N-dealkylation sites (N-methyl/N-ethyl adjacent to an activating group) is 1. The second-order valence-electron chi connectivity index (χ2n) is 7.43. The van der Waals surface area contributed by atoms with E-state index in [0.29, 0.717) is 49.8 Å². The van der Waals surface area contributed by atoms with Crippen molar-refractivity contribution in [2.75, 3.05) is 19.6 Å². The number of carbonyl (C=O) groups excluding carboxylic acids is 2. The normalized spacial score (nSPS) is 16.1. The van der Waals surface area contributed by atoms with Crippen LogP contribution in [0.15, 0.2) is 47.0 Å². The van der Waals surface area contributed by atoms with Crippen LogP contribution in [0.25, 0.3) is 0 Å². The number of aryl methyl sites for hydroxylation is 1. The van der Waals surface area contributed by atoms with Gasteiger partial charge in [-0.3, -0.25) is 9.59 Å². The maximum Gasteiger partial charge on any atom is 0.254 e. The third-order valence-electron chi connectivity index (χ3n) is 5.06. The van der Waals surface area contributed by atoms with E-state index in [9.17, 15) is 9.59 Å². The first-order valence-corrected chi connectivity index (χ1v) is 10.1. The monoisotopic (exact) mass is 396 g/mol. The van der Waals surface area contributed by atoms with E-state index in [0.717, 1.165) is 18.4 Å². The Kier molecular flexibility index (Phi) is 6.80. The lowest BCUT2D eigenvalue weighted by atomic mass is 10.1. The molecule has 1 aromatic heterocycles. The molecule has 7 nitrogen and oxygen atoms in total. The van der Waals surface area contributed by atoms with Crippen molar-refractivity contribution in [3.05, 3.63) is 59.8 Å². The topological polar surface area (TPSA) is 79.5 Å². The third kappa shape index (κ3) is 5.10. The summed E-state index contributed by atoms with van der Waals surface area (Å²) in [7, 11) is 0. The van der Waals surface area contributed by atoms with Gasteiger partial charge < -0.3 is 14.3 Å². The number of aromatic nitrogens is 2. The van der Waals surface area contributed by atoms with Gasteiger partial charge in [0, 0.05) is 38.0 Å². The SMILES string of the molecule is C=C(C)CN(CC)C(=O)CCc1nc(C2CCCN2C(=O)c2ccccc2)no1. The van der Waals surface area contributed by atoms with Gasteiger partial charge in [0.05, 0.1) is 6.04 Å². The Morgan fingerprint density at radius 1 is 1.31 bits per heavy atom. The molecule has 2 heterocycles. The number of benzene rings is 1. The fourth-order valence-corrected chi connectivity index (χ4v) is 3.60. The maximum atomic E-state index is 12.8. The van der Waals surface area contributed by atoms with Crippen LogP contribution < -0.4 is 0 Å². The number of rotatable bonds is 8. The van der Waals surface area contributed by atoms with E-state index < -0.39 is 0 Å². The summed E-state index contributed by atoms with van der Waals surface area (Å²) in [5.41, 5.74) is 1.61. The molecule has 2 aromatic rings. The Morgan fingerprint density at radius 3 is 2.76 bits per heavy atom. The summed E-state index contributed by atoms with van der Waals surface area (Å²) in [6.07, 6.45) is 2.40. The van der Waals surface area contributed by atoms with Crippen LogP contribution in [0.2, 0.25) is 0 Å². The summed E-state index contributed by atoms with van der Waals surface area (Å²) < 4.78 is 5.37. The molecule has 0 bridgehead atoms.